The molecule has 0 atom stereocenters. The Bertz CT molecular complexity index is 139. The molecule has 0 aromatic carbocycles. The van der Waals surface area contributed by atoms with Crippen LogP contribution in [0.1, 0.15) is 51.9 Å². The summed E-state index contributed by atoms with van der Waals surface area (Å²) in [6.07, 6.45) is 9.47. The molecule has 0 aliphatic heterocycles. The lowest BCUT2D eigenvalue weighted by molar-refractivity contribution is 0.445. The lowest BCUT2D eigenvalue weighted by atomic mass is 9.96. The molecule has 1 fully saturated rings. The number of nitrogens with zero attached hydrogens (tertiary/aromatic N) is 1. The first kappa shape index (κ1) is 11.1. The highest BCUT2D eigenvalue weighted by Crippen LogP contribution is 2.20. The minimum absolute atomic E-state index is 0.655. The van der Waals surface area contributed by atoms with Crippen molar-refractivity contribution < 1.29 is 0 Å². The zero-order chi connectivity index (χ0) is 9.36. The predicted octanol–water partition coefficient (Wildman–Crippen LogP) is 3.88. The molecule has 1 saturated carbocycles. The van der Waals surface area contributed by atoms with Gasteiger partial charge in [0.2, 0.25) is 0 Å². The van der Waals surface area contributed by atoms with Crippen LogP contribution in [0.15, 0.2) is 4.99 Å². The molecule has 1 aliphatic carbocycles. The Balaban J connectivity index is 2.01. The number of thioether (sulfide) groups is 1. The van der Waals surface area contributed by atoms with Gasteiger partial charge in [-0.25, -0.2) is 0 Å². The van der Waals surface area contributed by atoms with E-state index in [4.69, 9.17) is 0 Å². The highest BCUT2D eigenvalue weighted by molar-refractivity contribution is 8.12. The molecule has 76 valence electrons. The fourth-order valence-electron chi connectivity index (χ4n) is 1.64. The number of rotatable bonds is 5. The summed E-state index contributed by atoms with van der Waals surface area (Å²) in [5, 5.41) is 0. The molecule has 0 aromatic heterocycles. The van der Waals surface area contributed by atoms with E-state index in [2.05, 4.69) is 17.5 Å². The summed E-state index contributed by atoms with van der Waals surface area (Å²) >= 11 is 1.88. The second kappa shape index (κ2) is 7.43. The van der Waals surface area contributed by atoms with Gasteiger partial charge >= 0.3 is 0 Å². The molecule has 0 saturated heterocycles. The third kappa shape index (κ3) is 5.35. The van der Waals surface area contributed by atoms with Crippen molar-refractivity contribution in [3.05, 3.63) is 0 Å². The van der Waals surface area contributed by atoms with E-state index < -0.39 is 0 Å². The molecule has 1 aliphatic rings. The lowest BCUT2D eigenvalue weighted by Gasteiger charge is -2.16. The van der Waals surface area contributed by atoms with Crippen LogP contribution >= 0.6 is 11.8 Å². The molecular weight excluding hydrogens is 178 g/mol. The van der Waals surface area contributed by atoms with Crippen molar-refractivity contribution >= 4 is 17.3 Å². The van der Waals surface area contributed by atoms with Crippen molar-refractivity contribution in [3.8, 4) is 0 Å². The average Bonchev–Trinajstić information content (AvgIpc) is 2.19. The third-order valence-corrected chi connectivity index (χ3v) is 3.33. The second-order valence-corrected chi connectivity index (χ2v) is 4.72. The molecule has 0 N–H and O–H groups in total. The fourth-order valence-corrected chi connectivity index (χ4v) is 2.46. The Morgan fingerprint density at radius 2 is 2.08 bits per heavy atom. The highest BCUT2D eigenvalue weighted by atomic mass is 32.2. The van der Waals surface area contributed by atoms with E-state index in [1.165, 1.54) is 50.7 Å². The van der Waals surface area contributed by atoms with E-state index in [0.717, 1.165) is 0 Å². The van der Waals surface area contributed by atoms with Crippen molar-refractivity contribution in [3.63, 3.8) is 0 Å². The summed E-state index contributed by atoms with van der Waals surface area (Å²) in [6.45, 7) is 2.23. The van der Waals surface area contributed by atoms with Crippen LogP contribution in [0.4, 0.5) is 0 Å². The van der Waals surface area contributed by atoms with Crippen LogP contribution in [-0.2, 0) is 0 Å². The van der Waals surface area contributed by atoms with E-state index in [1.807, 2.05) is 11.8 Å². The molecule has 0 bridgehead atoms. The first-order valence-electron chi connectivity index (χ1n) is 5.56. The Morgan fingerprint density at radius 1 is 1.31 bits per heavy atom. The topological polar surface area (TPSA) is 12.4 Å². The van der Waals surface area contributed by atoms with Crippen molar-refractivity contribution in [1.82, 2.24) is 0 Å². The van der Waals surface area contributed by atoms with Gasteiger partial charge in [0.15, 0.2) is 0 Å². The molecule has 0 aromatic rings. The summed E-state index contributed by atoms with van der Waals surface area (Å²) in [7, 11) is 0. The van der Waals surface area contributed by atoms with Crippen molar-refractivity contribution in [1.29, 1.82) is 0 Å². The van der Waals surface area contributed by atoms with Gasteiger partial charge in [-0.1, -0.05) is 32.6 Å². The summed E-state index contributed by atoms with van der Waals surface area (Å²) in [4.78, 5) is 4.59. The van der Waals surface area contributed by atoms with Gasteiger partial charge in [0.05, 0.1) is 11.6 Å². The first-order valence-corrected chi connectivity index (χ1v) is 6.61. The lowest BCUT2D eigenvalue weighted by Crippen LogP contribution is -2.09. The van der Waals surface area contributed by atoms with Gasteiger partial charge in [-0.2, -0.15) is 0 Å². The summed E-state index contributed by atoms with van der Waals surface area (Å²) < 4.78 is 0. The van der Waals surface area contributed by atoms with E-state index in [1.54, 1.807) is 0 Å². The van der Waals surface area contributed by atoms with E-state index in [-0.39, 0.29) is 0 Å². The maximum atomic E-state index is 4.59. The van der Waals surface area contributed by atoms with Crippen molar-refractivity contribution in [2.45, 2.75) is 57.9 Å². The zero-order valence-corrected chi connectivity index (χ0v) is 9.48. The molecule has 13 heavy (non-hydrogen) atoms. The molecule has 2 heteroatoms. The van der Waals surface area contributed by atoms with E-state index >= 15 is 0 Å². The van der Waals surface area contributed by atoms with Crippen LogP contribution in [0.25, 0.3) is 0 Å². The van der Waals surface area contributed by atoms with Gasteiger partial charge in [-0.15, -0.1) is 11.8 Å². The van der Waals surface area contributed by atoms with Gasteiger partial charge in [0, 0.05) is 0 Å². The fraction of sp³-hybridized carbons (Fsp3) is 0.909. The molecule has 0 unspecified atom stereocenters. The molecule has 0 spiro atoms. The average molecular weight is 199 g/mol. The van der Waals surface area contributed by atoms with Gasteiger partial charge < -0.3 is 0 Å². The Kier molecular flexibility index (Phi) is 6.34. The van der Waals surface area contributed by atoms with Crippen LogP contribution in [-0.4, -0.2) is 17.3 Å². The molecule has 1 rings (SSSR count). The minimum atomic E-state index is 0.655. The number of hydrogen-bond donors (Lipinski definition) is 0. The summed E-state index contributed by atoms with van der Waals surface area (Å²) in [6, 6.07) is 0.655. The van der Waals surface area contributed by atoms with E-state index in [9.17, 15) is 0 Å². The van der Waals surface area contributed by atoms with Crippen LogP contribution < -0.4 is 0 Å². The molecular formula is C11H21NS. The van der Waals surface area contributed by atoms with Crippen LogP contribution in [0.3, 0.4) is 0 Å². The third-order valence-electron chi connectivity index (χ3n) is 2.54. The molecule has 0 heterocycles. The van der Waals surface area contributed by atoms with Crippen LogP contribution in [0.2, 0.25) is 0 Å². The maximum Gasteiger partial charge on any atom is 0.0544 e. The first-order chi connectivity index (χ1) is 6.43. The second-order valence-electron chi connectivity index (χ2n) is 3.77. The van der Waals surface area contributed by atoms with Crippen molar-refractivity contribution in [2.24, 2.45) is 4.99 Å². The van der Waals surface area contributed by atoms with Gasteiger partial charge in [0.1, 0.15) is 0 Å². The largest absolute Gasteiger partial charge is 0.283 e. The molecule has 0 amide bonds. The smallest absolute Gasteiger partial charge is 0.0544 e. The quantitative estimate of drug-likeness (QED) is 0.372. The molecule has 0 radical (unpaired) electrons. The normalized spacial score (nSPS) is 19.8. The molecule has 1 nitrogen and oxygen atoms in total. The Morgan fingerprint density at radius 3 is 2.77 bits per heavy atom. The SMILES string of the molecule is CCCCSC=NC1CCCCC1. The summed E-state index contributed by atoms with van der Waals surface area (Å²) in [5.41, 5.74) is 2.09. The number of unbranched alkanes of at least 4 members (excludes halogenated alkanes) is 1. The number of hydrogen-bond acceptors (Lipinski definition) is 2. The van der Waals surface area contributed by atoms with Gasteiger partial charge in [-0.05, 0) is 25.0 Å². The van der Waals surface area contributed by atoms with E-state index in [0.29, 0.717) is 6.04 Å². The Hall–Kier alpha value is 0.0200. The van der Waals surface area contributed by atoms with Crippen LogP contribution in [0.5, 0.6) is 0 Å². The monoisotopic (exact) mass is 199 g/mol. The van der Waals surface area contributed by atoms with Crippen molar-refractivity contribution in [2.75, 3.05) is 5.75 Å². The van der Waals surface area contributed by atoms with Gasteiger partial charge in [-0.3, -0.25) is 4.99 Å². The maximum absolute atomic E-state index is 4.59. The number of aliphatic imine (C=N–C) groups is 1. The summed E-state index contributed by atoms with van der Waals surface area (Å²) in [5.74, 6) is 1.24. The Labute approximate surface area is 86.4 Å². The predicted molar refractivity (Wildman–Crippen MR) is 62.7 cm³/mol. The van der Waals surface area contributed by atoms with Gasteiger partial charge in [0.25, 0.3) is 0 Å². The highest BCUT2D eigenvalue weighted by Gasteiger charge is 2.10. The minimum Gasteiger partial charge on any atom is -0.283 e. The standard InChI is InChI=1S/C11H21NS/c1-2-3-9-13-10-12-11-7-5-4-6-8-11/h10-11H,2-9H2,1H3. The zero-order valence-electron chi connectivity index (χ0n) is 8.67. The van der Waals surface area contributed by atoms with Crippen LogP contribution in [0, 0.1) is 0 Å².